The zero-order valence-corrected chi connectivity index (χ0v) is 16.1. The van der Waals surface area contributed by atoms with Crippen molar-refractivity contribution in [2.75, 3.05) is 24.6 Å². The van der Waals surface area contributed by atoms with E-state index in [1.165, 1.54) is 6.07 Å². The largest absolute Gasteiger partial charge is 0.455 e. The minimum atomic E-state index is -4.41. The second kappa shape index (κ2) is 9.75. The van der Waals surface area contributed by atoms with E-state index in [9.17, 15) is 22.8 Å². The fourth-order valence-corrected chi connectivity index (χ4v) is 3.10. The summed E-state index contributed by atoms with van der Waals surface area (Å²) in [5, 5.41) is 2.81. The van der Waals surface area contributed by atoms with Crippen molar-refractivity contribution in [3.63, 3.8) is 0 Å². The van der Waals surface area contributed by atoms with Gasteiger partial charge in [0.15, 0.2) is 6.61 Å². The number of rotatable bonds is 7. The first-order chi connectivity index (χ1) is 13.2. The smallest absolute Gasteiger partial charge is 0.417 e. The molecule has 0 unspecified atom stereocenters. The third-order valence-corrected chi connectivity index (χ3v) is 4.92. The van der Waals surface area contributed by atoms with Crippen molar-refractivity contribution in [1.29, 1.82) is 0 Å². The van der Waals surface area contributed by atoms with Gasteiger partial charge in [0.2, 0.25) is 0 Å². The van der Waals surface area contributed by atoms with Crippen LogP contribution >= 0.6 is 0 Å². The van der Waals surface area contributed by atoms with Gasteiger partial charge in [-0.2, -0.15) is 13.2 Å². The first kappa shape index (κ1) is 22.0. The number of hydrogen-bond acceptors (Lipinski definition) is 5. The Hall–Kier alpha value is -2.32. The highest BCUT2D eigenvalue weighted by Crippen LogP contribution is 2.30. The first-order valence-corrected chi connectivity index (χ1v) is 9.48. The molecule has 0 atom stereocenters. The number of alkyl halides is 3. The third kappa shape index (κ3) is 6.10. The molecule has 9 heteroatoms. The number of amides is 1. The number of carbonyl (C=O) groups excluding carboxylic acids is 2. The van der Waals surface area contributed by atoms with Crippen LogP contribution in [0.25, 0.3) is 0 Å². The van der Waals surface area contributed by atoms with E-state index in [1.54, 1.807) is 0 Å². The number of nitrogens with one attached hydrogen (secondary N) is 1. The summed E-state index contributed by atoms with van der Waals surface area (Å²) in [4.78, 5) is 29.7. The van der Waals surface area contributed by atoms with Crippen molar-refractivity contribution in [2.24, 2.45) is 5.92 Å². The van der Waals surface area contributed by atoms with Gasteiger partial charge in [-0.15, -0.1) is 0 Å². The number of piperidine rings is 1. The molecule has 1 fully saturated rings. The maximum Gasteiger partial charge on any atom is 0.417 e. The van der Waals surface area contributed by atoms with Gasteiger partial charge in [-0.3, -0.25) is 9.59 Å². The molecule has 6 nitrogen and oxygen atoms in total. The van der Waals surface area contributed by atoms with E-state index >= 15 is 0 Å². The standard InChI is InChI=1S/C19H26F3N3O3/c1-3-15(4-2)24-17(26)12-28-18(27)13-7-9-25(10-8-13)16-6-5-14(11-23-16)19(20,21)22/h5-6,11,13,15H,3-4,7-10,12H2,1-2H3,(H,24,26). The lowest BCUT2D eigenvalue weighted by Crippen LogP contribution is -2.40. The lowest BCUT2D eigenvalue weighted by molar-refractivity contribution is -0.153. The molecule has 2 heterocycles. The maximum absolute atomic E-state index is 12.6. The number of aromatic nitrogens is 1. The number of halogens is 3. The molecular formula is C19H26F3N3O3. The second-order valence-corrected chi connectivity index (χ2v) is 6.85. The molecule has 0 radical (unpaired) electrons. The number of pyridine rings is 1. The van der Waals surface area contributed by atoms with Gasteiger partial charge in [0.1, 0.15) is 5.82 Å². The van der Waals surface area contributed by atoms with Crippen LogP contribution in [-0.4, -0.2) is 42.6 Å². The van der Waals surface area contributed by atoms with Crippen LogP contribution in [0.15, 0.2) is 18.3 Å². The molecule has 0 saturated carbocycles. The highest BCUT2D eigenvalue weighted by molar-refractivity contribution is 5.81. The van der Waals surface area contributed by atoms with Crippen LogP contribution in [0.3, 0.4) is 0 Å². The van der Waals surface area contributed by atoms with E-state index < -0.39 is 17.7 Å². The molecule has 1 aliphatic rings. The van der Waals surface area contributed by atoms with E-state index in [4.69, 9.17) is 4.74 Å². The highest BCUT2D eigenvalue weighted by atomic mass is 19.4. The Balaban J connectivity index is 1.78. The summed E-state index contributed by atoms with van der Waals surface area (Å²) >= 11 is 0. The van der Waals surface area contributed by atoms with E-state index in [2.05, 4.69) is 10.3 Å². The molecule has 0 spiro atoms. The average molecular weight is 401 g/mol. The van der Waals surface area contributed by atoms with E-state index in [0.29, 0.717) is 31.7 Å². The van der Waals surface area contributed by atoms with Crippen LogP contribution in [0.5, 0.6) is 0 Å². The molecule has 0 aromatic carbocycles. The fourth-order valence-electron chi connectivity index (χ4n) is 3.10. The minimum Gasteiger partial charge on any atom is -0.455 e. The maximum atomic E-state index is 12.6. The summed E-state index contributed by atoms with van der Waals surface area (Å²) in [6.45, 7) is 4.62. The lowest BCUT2D eigenvalue weighted by Gasteiger charge is -2.31. The molecular weight excluding hydrogens is 375 g/mol. The van der Waals surface area contributed by atoms with Gasteiger partial charge in [0.25, 0.3) is 5.91 Å². The van der Waals surface area contributed by atoms with E-state index in [1.807, 2.05) is 18.7 Å². The summed E-state index contributed by atoms with van der Waals surface area (Å²) in [6, 6.07) is 2.41. The van der Waals surface area contributed by atoms with Gasteiger partial charge in [-0.05, 0) is 37.8 Å². The molecule has 1 aromatic heterocycles. The van der Waals surface area contributed by atoms with Crippen molar-refractivity contribution in [3.05, 3.63) is 23.9 Å². The monoisotopic (exact) mass is 401 g/mol. The Bertz CT molecular complexity index is 653. The lowest BCUT2D eigenvalue weighted by atomic mass is 9.97. The summed E-state index contributed by atoms with van der Waals surface area (Å²) in [7, 11) is 0. The van der Waals surface area contributed by atoms with E-state index in [0.717, 1.165) is 25.1 Å². The Kier molecular flexibility index (Phi) is 7.65. The zero-order valence-electron chi connectivity index (χ0n) is 16.1. The number of esters is 1. The number of hydrogen-bond donors (Lipinski definition) is 1. The fraction of sp³-hybridized carbons (Fsp3) is 0.632. The van der Waals surface area contributed by atoms with Crippen LogP contribution in [0.1, 0.15) is 45.1 Å². The first-order valence-electron chi connectivity index (χ1n) is 9.48. The van der Waals surface area contributed by atoms with Gasteiger partial charge < -0.3 is 15.0 Å². The molecule has 2 rings (SSSR count). The zero-order chi connectivity index (χ0) is 20.7. The summed E-state index contributed by atoms with van der Waals surface area (Å²) in [5.74, 6) is -0.607. The Labute approximate surface area is 162 Å². The molecule has 1 aliphatic heterocycles. The molecule has 1 amide bonds. The predicted octanol–water partition coefficient (Wildman–Crippen LogP) is 3.16. The number of anilines is 1. The normalized spacial score (nSPS) is 15.6. The van der Waals surface area contributed by atoms with Gasteiger partial charge in [0, 0.05) is 25.3 Å². The van der Waals surface area contributed by atoms with Crippen LogP contribution in [0.4, 0.5) is 19.0 Å². The summed E-state index contributed by atoms with van der Waals surface area (Å²) < 4.78 is 42.9. The van der Waals surface area contributed by atoms with Crippen LogP contribution in [-0.2, 0) is 20.5 Å². The minimum absolute atomic E-state index is 0.0747. The Morgan fingerprint density at radius 3 is 2.39 bits per heavy atom. The van der Waals surface area contributed by atoms with Gasteiger partial charge in [0.05, 0.1) is 11.5 Å². The predicted molar refractivity (Wildman–Crippen MR) is 97.6 cm³/mol. The molecule has 0 aliphatic carbocycles. The third-order valence-electron chi connectivity index (χ3n) is 4.92. The Morgan fingerprint density at radius 2 is 1.89 bits per heavy atom. The van der Waals surface area contributed by atoms with Crippen molar-refractivity contribution >= 4 is 17.7 Å². The number of carbonyl (C=O) groups is 2. The Morgan fingerprint density at radius 1 is 1.25 bits per heavy atom. The summed E-state index contributed by atoms with van der Waals surface area (Å²) in [6.07, 6.45) is -0.984. The van der Waals surface area contributed by atoms with Crippen molar-refractivity contribution < 1.29 is 27.5 Å². The van der Waals surface area contributed by atoms with Crippen LogP contribution in [0, 0.1) is 5.92 Å². The second-order valence-electron chi connectivity index (χ2n) is 6.85. The van der Waals surface area contributed by atoms with E-state index in [-0.39, 0.29) is 24.5 Å². The van der Waals surface area contributed by atoms with Crippen molar-refractivity contribution in [1.82, 2.24) is 10.3 Å². The quantitative estimate of drug-likeness (QED) is 0.711. The van der Waals surface area contributed by atoms with Crippen molar-refractivity contribution in [2.45, 2.75) is 51.7 Å². The SMILES string of the molecule is CCC(CC)NC(=O)COC(=O)C1CCN(c2ccc(C(F)(F)F)cn2)CC1. The molecule has 28 heavy (non-hydrogen) atoms. The molecule has 0 bridgehead atoms. The molecule has 1 aromatic rings. The van der Waals surface area contributed by atoms with Gasteiger partial charge in [-0.25, -0.2) is 4.98 Å². The molecule has 156 valence electrons. The molecule has 1 N–H and O–H groups in total. The molecule has 1 saturated heterocycles. The topological polar surface area (TPSA) is 71.5 Å². The van der Waals surface area contributed by atoms with Gasteiger partial charge in [-0.1, -0.05) is 13.8 Å². The number of nitrogens with zero attached hydrogens (tertiary/aromatic N) is 2. The van der Waals surface area contributed by atoms with Crippen LogP contribution < -0.4 is 10.2 Å². The summed E-state index contributed by atoms with van der Waals surface area (Å²) in [5.41, 5.74) is -0.790. The van der Waals surface area contributed by atoms with Crippen LogP contribution in [0.2, 0.25) is 0 Å². The highest BCUT2D eigenvalue weighted by Gasteiger charge is 2.31. The average Bonchev–Trinajstić information content (AvgIpc) is 2.69. The van der Waals surface area contributed by atoms with Crippen molar-refractivity contribution in [3.8, 4) is 0 Å². The van der Waals surface area contributed by atoms with Gasteiger partial charge >= 0.3 is 12.1 Å². The number of ether oxygens (including phenoxy) is 1.